The van der Waals surface area contributed by atoms with Gasteiger partial charge < -0.3 is 25.6 Å². The number of alkyl halides is 5. The molecule has 16 heteroatoms. The first-order valence-electron chi connectivity index (χ1n) is 13.7. The van der Waals surface area contributed by atoms with Crippen molar-refractivity contribution in [2.45, 2.75) is 50.4 Å². The fourth-order valence-electron chi connectivity index (χ4n) is 4.79. The number of nitrogens with one attached hydrogen (secondary N) is 1. The molecule has 0 unspecified atom stereocenters. The van der Waals surface area contributed by atoms with Crippen LogP contribution in [0.1, 0.15) is 58.7 Å². The molecule has 0 radical (unpaired) electrons. The Balaban J connectivity index is 1.55. The van der Waals surface area contributed by atoms with Gasteiger partial charge in [0.25, 0.3) is 12.3 Å². The molecule has 10 nitrogen and oxygen atoms in total. The van der Waals surface area contributed by atoms with E-state index in [9.17, 15) is 36.6 Å². The number of amides is 2. The number of nitrogens with zero attached hydrogens (tertiary/aromatic N) is 3. The molecule has 0 bridgehead atoms. The highest BCUT2D eigenvalue weighted by Gasteiger charge is 2.57. The Hall–Kier alpha value is -4.31. The first-order valence-corrected chi connectivity index (χ1v) is 14.6. The lowest BCUT2D eigenvalue weighted by molar-refractivity contribution is -0.265. The van der Waals surface area contributed by atoms with Gasteiger partial charge in [-0.05, 0) is 44.0 Å². The summed E-state index contributed by atoms with van der Waals surface area (Å²) in [5.41, 5.74) is 0.478. The molecule has 0 spiro atoms. The maximum absolute atomic E-state index is 14.6. The molecule has 5 rings (SSSR count). The minimum Gasteiger partial charge on any atom is -0.494 e. The summed E-state index contributed by atoms with van der Waals surface area (Å²) in [5.74, 6) is -1.81. The van der Waals surface area contributed by atoms with Crippen LogP contribution in [0.15, 0.2) is 35.8 Å². The molecule has 0 aliphatic heterocycles. The zero-order chi connectivity index (χ0) is 32.7. The smallest absolute Gasteiger partial charge is 0.424 e. The highest BCUT2D eigenvalue weighted by Crippen LogP contribution is 2.43. The first kappa shape index (κ1) is 32.1. The SMILES string of the molecule is CCOc1c(CC(N)=O)cc([C@@](O)(CNC(=O)c2cc(OC)c3nn(C4CC4)cc3c2)C(F)(F)F)nc1-c1csc(C(F)F)c1. The van der Waals surface area contributed by atoms with E-state index >= 15 is 0 Å². The number of primary amides is 1. The molecule has 4 N–H and O–H groups in total. The lowest BCUT2D eigenvalue weighted by atomic mass is 9.94. The third-order valence-electron chi connectivity index (χ3n) is 7.20. The number of nitrogens with two attached hydrogens (primary N) is 1. The highest BCUT2D eigenvalue weighted by molar-refractivity contribution is 7.10. The van der Waals surface area contributed by atoms with Gasteiger partial charge in [0.2, 0.25) is 11.5 Å². The second kappa shape index (κ2) is 12.2. The monoisotopic (exact) mass is 653 g/mol. The van der Waals surface area contributed by atoms with Gasteiger partial charge >= 0.3 is 6.18 Å². The van der Waals surface area contributed by atoms with Crippen LogP contribution in [-0.4, -0.2) is 58.1 Å². The van der Waals surface area contributed by atoms with Gasteiger partial charge in [-0.2, -0.15) is 18.3 Å². The van der Waals surface area contributed by atoms with Crippen LogP contribution < -0.4 is 20.5 Å². The molecule has 1 aliphatic carbocycles. The average molecular weight is 654 g/mol. The number of halogens is 5. The molecule has 4 aromatic rings. The number of aromatic nitrogens is 3. The molecule has 3 heterocycles. The van der Waals surface area contributed by atoms with Gasteiger partial charge in [-0.3, -0.25) is 14.3 Å². The number of thiophene rings is 1. The summed E-state index contributed by atoms with van der Waals surface area (Å²) in [6.45, 7) is 0.160. The zero-order valence-corrected chi connectivity index (χ0v) is 24.8. The van der Waals surface area contributed by atoms with Crippen LogP contribution in [0.4, 0.5) is 22.0 Å². The molecule has 3 aromatic heterocycles. The number of carbonyl (C=O) groups is 2. The lowest BCUT2D eigenvalue weighted by Gasteiger charge is -2.31. The van der Waals surface area contributed by atoms with Crippen molar-refractivity contribution in [1.29, 1.82) is 0 Å². The standard InChI is InChI=1S/C29H28F5N5O5S/c1-3-44-25-14(10-22(35)40)9-21(37-24(25)17-8-20(26(30)31)45-12-17)28(42,29(32,33)34)13-36-27(41)15-6-16-11-39(18-4-5-18)38-23(16)19(7-15)43-2/h6-9,11-12,18,26,42H,3-5,10,13H2,1-2H3,(H2,35,40)(H,36,41)/t28-/m0/s1. The van der Waals surface area contributed by atoms with Crippen LogP contribution in [0.25, 0.3) is 22.2 Å². The molecule has 1 aromatic carbocycles. The van der Waals surface area contributed by atoms with Gasteiger partial charge in [0.15, 0.2) is 0 Å². The summed E-state index contributed by atoms with van der Waals surface area (Å²) in [4.78, 5) is 28.7. The number of carbonyl (C=O) groups excluding carboxylic acids is 2. The molecule has 1 atom stereocenters. The Morgan fingerprint density at radius 3 is 2.53 bits per heavy atom. The third kappa shape index (κ3) is 6.42. The van der Waals surface area contributed by atoms with E-state index in [4.69, 9.17) is 15.2 Å². The van der Waals surface area contributed by atoms with Crippen LogP contribution in [0.3, 0.4) is 0 Å². The van der Waals surface area contributed by atoms with Crippen LogP contribution in [0.2, 0.25) is 0 Å². The molecule has 2 amide bonds. The van der Waals surface area contributed by atoms with Crippen LogP contribution >= 0.6 is 11.3 Å². The fraction of sp³-hybridized carbons (Fsp3) is 0.379. The van der Waals surface area contributed by atoms with E-state index in [0.29, 0.717) is 22.2 Å². The minimum atomic E-state index is -5.41. The van der Waals surface area contributed by atoms with Gasteiger partial charge in [-0.1, -0.05) is 0 Å². The Morgan fingerprint density at radius 2 is 1.96 bits per heavy atom. The van der Waals surface area contributed by atoms with Crippen molar-refractivity contribution in [1.82, 2.24) is 20.1 Å². The predicted octanol–water partition coefficient (Wildman–Crippen LogP) is 5.05. The Kier molecular flexibility index (Phi) is 8.72. The fourth-order valence-corrected chi connectivity index (χ4v) is 5.53. The number of ether oxygens (including phenoxy) is 2. The molecule has 45 heavy (non-hydrogen) atoms. The van der Waals surface area contributed by atoms with Gasteiger partial charge in [0, 0.05) is 33.7 Å². The molecular weight excluding hydrogens is 625 g/mol. The largest absolute Gasteiger partial charge is 0.494 e. The number of hydrogen-bond donors (Lipinski definition) is 3. The number of benzene rings is 1. The summed E-state index contributed by atoms with van der Waals surface area (Å²) >= 11 is 0.645. The van der Waals surface area contributed by atoms with Crippen molar-refractivity contribution in [2.75, 3.05) is 20.3 Å². The van der Waals surface area contributed by atoms with E-state index in [1.165, 1.54) is 24.6 Å². The van der Waals surface area contributed by atoms with Crippen molar-refractivity contribution in [3.8, 4) is 22.8 Å². The number of pyridine rings is 1. The summed E-state index contributed by atoms with van der Waals surface area (Å²) in [7, 11) is 1.37. The molecular formula is C29H28F5N5O5S. The highest BCUT2D eigenvalue weighted by atomic mass is 32.1. The first-order chi connectivity index (χ1) is 21.2. The maximum Gasteiger partial charge on any atom is 0.424 e. The lowest BCUT2D eigenvalue weighted by Crippen LogP contribution is -2.51. The van der Waals surface area contributed by atoms with E-state index in [0.717, 1.165) is 25.0 Å². The molecule has 0 saturated heterocycles. The second-order valence-corrected chi connectivity index (χ2v) is 11.4. The number of methoxy groups -OCH3 is 1. The van der Waals surface area contributed by atoms with Crippen molar-refractivity contribution in [3.05, 3.63) is 57.5 Å². The zero-order valence-electron chi connectivity index (χ0n) is 24.0. The van der Waals surface area contributed by atoms with E-state index in [1.807, 2.05) is 0 Å². The van der Waals surface area contributed by atoms with Crippen molar-refractivity contribution >= 4 is 34.1 Å². The average Bonchev–Trinajstić information content (AvgIpc) is 3.54. The van der Waals surface area contributed by atoms with Crippen molar-refractivity contribution in [3.63, 3.8) is 0 Å². The Bertz CT molecular complexity index is 1750. The van der Waals surface area contributed by atoms with E-state index in [2.05, 4.69) is 15.4 Å². The number of fused-ring (bicyclic) bond motifs is 1. The minimum absolute atomic E-state index is 0.0153. The van der Waals surface area contributed by atoms with E-state index in [-0.39, 0.29) is 51.4 Å². The Labute approximate surface area is 256 Å². The summed E-state index contributed by atoms with van der Waals surface area (Å²) in [6, 6.07) is 4.83. The normalized spacial score (nSPS) is 14.9. The summed E-state index contributed by atoms with van der Waals surface area (Å²) in [6.07, 6.45) is -5.27. The quantitative estimate of drug-likeness (QED) is 0.182. The van der Waals surface area contributed by atoms with Crippen LogP contribution in [-0.2, 0) is 16.8 Å². The third-order valence-corrected chi connectivity index (χ3v) is 8.14. The molecule has 1 saturated carbocycles. The second-order valence-electron chi connectivity index (χ2n) is 10.5. The summed E-state index contributed by atoms with van der Waals surface area (Å²) < 4.78 is 83.4. The van der Waals surface area contributed by atoms with Gasteiger partial charge in [0.05, 0.1) is 43.3 Å². The van der Waals surface area contributed by atoms with Gasteiger partial charge in [-0.25, -0.2) is 13.8 Å². The number of aliphatic hydroxyl groups is 1. The number of hydrogen-bond acceptors (Lipinski definition) is 8. The topological polar surface area (TPSA) is 142 Å². The van der Waals surface area contributed by atoms with Crippen LogP contribution in [0.5, 0.6) is 11.5 Å². The van der Waals surface area contributed by atoms with E-state index < -0.39 is 48.7 Å². The predicted molar refractivity (Wildman–Crippen MR) is 153 cm³/mol. The van der Waals surface area contributed by atoms with Crippen molar-refractivity contribution < 1.29 is 46.1 Å². The van der Waals surface area contributed by atoms with Crippen molar-refractivity contribution in [2.24, 2.45) is 5.73 Å². The van der Waals surface area contributed by atoms with Gasteiger partial charge in [0.1, 0.15) is 22.7 Å². The molecule has 240 valence electrons. The molecule has 1 aliphatic rings. The van der Waals surface area contributed by atoms with Gasteiger partial charge in [-0.15, -0.1) is 11.3 Å². The maximum atomic E-state index is 14.6. The summed E-state index contributed by atoms with van der Waals surface area (Å²) in [5, 5.41) is 19.6. The molecule has 1 fully saturated rings. The van der Waals surface area contributed by atoms with Crippen LogP contribution in [0, 0.1) is 0 Å². The van der Waals surface area contributed by atoms with E-state index in [1.54, 1.807) is 17.8 Å². The number of rotatable bonds is 12. The Morgan fingerprint density at radius 1 is 1.22 bits per heavy atom.